The fourth-order valence-electron chi connectivity index (χ4n) is 2.25. The summed E-state index contributed by atoms with van der Waals surface area (Å²) in [5, 5.41) is 2.85. The van der Waals surface area contributed by atoms with Crippen molar-refractivity contribution < 1.29 is 13.9 Å². The van der Waals surface area contributed by atoms with Crippen LogP contribution >= 0.6 is 15.9 Å². The van der Waals surface area contributed by atoms with Crippen LogP contribution in [0.25, 0.3) is 0 Å². The Balaban J connectivity index is 1.82. The maximum absolute atomic E-state index is 13.2. The van der Waals surface area contributed by atoms with Gasteiger partial charge in [0.25, 0.3) is 0 Å². The molecule has 0 aliphatic heterocycles. The minimum Gasteiger partial charge on any atom is -0.444 e. The molecule has 1 fully saturated rings. The Hall–Kier alpha value is -1.10. The Morgan fingerprint density at radius 3 is 2.60 bits per heavy atom. The molecule has 0 bridgehead atoms. The van der Waals surface area contributed by atoms with Crippen molar-refractivity contribution in [2.75, 3.05) is 0 Å². The van der Waals surface area contributed by atoms with Crippen LogP contribution in [0.3, 0.4) is 0 Å². The average molecular weight is 344 g/mol. The minimum atomic E-state index is -0.477. The molecule has 1 aliphatic carbocycles. The first-order chi connectivity index (χ1) is 9.24. The summed E-state index contributed by atoms with van der Waals surface area (Å²) in [6.45, 7) is 5.52. The number of alkyl carbamates (subject to hydrolysis) is 1. The summed E-state index contributed by atoms with van der Waals surface area (Å²) in [6.07, 6.45) is 1.34. The van der Waals surface area contributed by atoms with Crippen LogP contribution in [0.2, 0.25) is 0 Å². The Morgan fingerprint density at radius 1 is 1.40 bits per heavy atom. The second-order valence-electron chi connectivity index (χ2n) is 6.19. The molecular weight excluding hydrogens is 325 g/mol. The van der Waals surface area contributed by atoms with E-state index < -0.39 is 5.60 Å². The van der Waals surface area contributed by atoms with Gasteiger partial charge in [-0.2, -0.15) is 0 Å². The van der Waals surface area contributed by atoms with Gasteiger partial charge in [0, 0.05) is 6.04 Å². The summed E-state index contributed by atoms with van der Waals surface area (Å²) in [5.41, 5.74) is 0.621. The van der Waals surface area contributed by atoms with Crippen LogP contribution in [-0.4, -0.2) is 17.7 Å². The molecule has 0 aromatic heterocycles. The minimum absolute atomic E-state index is 0.138. The highest BCUT2D eigenvalue weighted by Crippen LogP contribution is 2.38. The summed E-state index contributed by atoms with van der Waals surface area (Å²) < 4.78 is 18.9. The summed E-state index contributed by atoms with van der Waals surface area (Å²) in [7, 11) is 0. The van der Waals surface area contributed by atoms with Gasteiger partial charge in [0.05, 0.1) is 4.47 Å². The molecule has 0 atom stereocenters. The lowest BCUT2D eigenvalue weighted by Gasteiger charge is -2.36. The summed E-state index contributed by atoms with van der Waals surface area (Å²) in [6, 6.07) is 5.21. The molecule has 1 aromatic carbocycles. The van der Waals surface area contributed by atoms with Crippen LogP contribution < -0.4 is 5.32 Å². The molecule has 1 saturated carbocycles. The van der Waals surface area contributed by atoms with Gasteiger partial charge in [-0.1, -0.05) is 6.07 Å². The number of nitrogens with one attached hydrogen (secondary N) is 1. The van der Waals surface area contributed by atoms with Gasteiger partial charge in [-0.3, -0.25) is 0 Å². The molecule has 0 spiro atoms. The third-order valence-electron chi connectivity index (χ3n) is 3.27. The smallest absolute Gasteiger partial charge is 0.407 e. The van der Waals surface area contributed by atoms with Crippen molar-refractivity contribution in [3.8, 4) is 0 Å². The van der Waals surface area contributed by atoms with Gasteiger partial charge in [-0.25, -0.2) is 9.18 Å². The van der Waals surface area contributed by atoms with Gasteiger partial charge in [0.1, 0.15) is 11.4 Å². The maximum Gasteiger partial charge on any atom is 0.407 e. The predicted octanol–water partition coefficient (Wildman–Crippen LogP) is 4.36. The zero-order valence-electron chi connectivity index (χ0n) is 11.9. The molecule has 5 heteroatoms. The van der Waals surface area contributed by atoms with Crippen molar-refractivity contribution in [2.24, 2.45) is 0 Å². The lowest BCUT2D eigenvalue weighted by atomic mass is 9.76. The molecule has 0 radical (unpaired) electrons. The number of amides is 1. The monoisotopic (exact) mass is 343 g/mol. The fraction of sp³-hybridized carbons (Fsp3) is 0.533. The highest BCUT2D eigenvalue weighted by molar-refractivity contribution is 9.10. The van der Waals surface area contributed by atoms with E-state index in [0.29, 0.717) is 10.4 Å². The van der Waals surface area contributed by atoms with Gasteiger partial charge in [-0.15, -0.1) is 0 Å². The molecule has 110 valence electrons. The van der Waals surface area contributed by atoms with Crippen molar-refractivity contribution in [3.63, 3.8) is 0 Å². The molecule has 0 unspecified atom stereocenters. The number of carbonyl (C=O) groups excluding carboxylic acids is 1. The number of benzene rings is 1. The summed E-state index contributed by atoms with van der Waals surface area (Å²) >= 11 is 3.19. The van der Waals surface area contributed by atoms with Gasteiger partial charge in [-0.05, 0) is 73.2 Å². The Morgan fingerprint density at radius 2 is 2.05 bits per heavy atom. The van der Waals surface area contributed by atoms with Crippen LogP contribution in [0.4, 0.5) is 9.18 Å². The number of hydrogen-bond donors (Lipinski definition) is 1. The predicted molar refractivity (Wildman–Crippen MR) is 79.2 cm³/mol. The van der Waals surface area contributed by atoms with Crippen LogP contribution in [0.15, 0.2) is 22.7 Å². The van der Waals surface area contributed by atoms with Crippen molar-refractivity contribution in [1.82, 2.24) is 5.32 Å². The number of ether oxygens (including phenoxy) is 1. The zero-order valence-corrected chi connectivity index (χ0v) is 13.5. The summed E-state index contributed by atoms with van der Waals surface area (Å²) in [5.74, 6) is 0.114. The number of halogens is 2. The first kappa shape index (κ1) is 15.3. The highest BCUT2D eigenvalue weighted by atomic mass is 79.9. The lowest BCUT2D eigenvalue weighted by molar-refractivity contribution is 0.0471. The van der Waals surface area contributed by atoms with E-state index in [1.54, 1.807) is 6.07 Å². The molecule has 1 aromatic rings. The van der Waals surface area contributed by atoms with E-state index in [0.717, 1.165) is 18.4 Å². The molecule has 0 saturated heterocycles. The molecule has 1 aliphatic rings. The Labute approximate surface area is 127 Å². The maximum atomic E-state index is 13.2. The standard InChI is InChI=1S/C15H19BrFNO2/c1-15(2,3)20-14(19)18-11-6-10(7-11)9-4-5-13(17)12(16)8-9/h4-5,8,10-11H,6-7H2,1-3H3,(H,18,19). The van der Waals surface area contributed by atoms with Crippen LogP contribution in [0.1, 0.15) is 45.1 Å². The van der Waals surface area contributed by atoms with Crippen LogP contribution in [-0.2, 0) is 4.74 Å². The summed E-state index contributed by atoms with van der Waals surface area (Å²) in [4.78, 5) is 11.6. The highest BCUT2D eigenvalue weighted by Gasteiger charge is 2.32. The van der Waals surface area contributed by atoms with Gasteiger partial charge < -0.3 is 10.1 Å². The van der Waals surface area contributed by atoms with E-state index in [1.807, 2.05) is 26.8 Å². The largest absolute Gasteiger partial charge is 0.444 e. The molecule has 1 N–H and O–H groups in total. The van der Waals surface area contributed by atoms with Crippen molar-refractivity contribution in [2.45, 2.75) is 51.2 Å². The van der Waals surface area contributed by atoms with Gasteiger partial charge in [0.15, 0.2) is 0 Å². The molecule has 1 amide bonds. The molecular formula is C15H19BrFNO2. The van der Waals surface area contributed by atoms with E-state index in [2.05, 4.69) is 21.2 Å². The number of hydrogen-bond acceptors (Lipinski definition) is 2. The van der Waals surface area contributed by atoms with E-state index >= 15 is 0 Å². The zero-order chi connectivity index (χ0) is 14.9. The van der Waals surface area contributed by atoms with Crippen molar-refractivity contribution in [3.05, 3.63) is 34.1 Å². The third kappa shape index (κ3) is 3.95. The van der Waals surface area contributed by atoms with Crippen LogP contribution in [0.5, 0.6) is 0 Å². The second-order valence-corrected chi connectivity index (χ2v) is 7.04. The third-order valence-corrected chi connectivity index (χ3v) is 3.88. The Bertz CT molecular complexity index is 507. The van der Waals surface area contributed by atoms with E-state index in [1.165, 1.54) is 6.07 Å². The van der Waals surface area contributed by atoms with Gasteiger partial charge >= 0.3 is 6.09 Å². The molecule has 0 heterocycles. The van der Waals surface area contributed by atoms with E-state index in [4.69, 9.17) is 4.74 Å². The topological polar surface area (TPSA) is 38.3 Å². The molecule has 20 heavy (non-hydrogen) atoms. The lowest BCUT2D eigenvalue weighted by Crippen LogP contribution is -2.45. The van der Waals surface area contributed by atoms with Crippen molar-refractivity contribution in [1.29, 1.82) is 0 Å². The van der Waals surface area contributed by atoms with Gasteiger partial charge in [0.2, 0.25) is 0 Å². The average Bonchev–Trinajstić information content (AvgIpc) is 2.24. The Kier molecular flexibility index (Phi) is 4.37. The molecule has 3 nitrogen and oxygen atoms in total. The SMILES string of the molecule is CC(C)(C)OC(=O)NC1CC(c2ccc(F)c(Br)c2)C1. The number of rotatable bonds is 2. The molecule has 2 rings (SSSR count). The normalized spacial score (nSPS) is 22.1. The van der Waals surface area contributed by atoms with E-state index in [9.17, 15) is 9.18 Å². The number of carbonyl (C=O) groups is 1. The van der Waals surface area contributed by atoms with Crippen molar-refractivity contribution >= 4 is 22.0 Å². The van der Waals surface area contributed by atoms with Crippen LogP contribution in [0, 0.1) is 5.82 Å². The first-order valence-electron chi connectivity index (χ1n) is 6.69. The quantitative estimate of drug-likeness (QED) is 0.866. The first-order valence-corrected chi connectivity index (χ1v) is 7.48. The second kappa shape index (κ2) is 5.72. The fourth-order valence-corrected chi connectivity index (χ4v) is 2.64. The van der Waals surface area contributed by atoms with E-state index in [-0.39, 0.29) is 18.0 Å².